The molecule has 1 N–H and O–H groups in total. The summed E-state index contributed by atoms with van der Waals surface area (Å²) < 4.78 is 4.64. The van der Waals surface area contributed by atoms with Crippen molar-refractivity contribution in [2.75, 3.05) is 7.11 Å². The summed E-state index contributed by atoms with van der Waals surface area (Å²) in [5.41, 5.74) is 1.05. The third-order valence-electron chi connectivity index (χ3n) is 2.77. The maximum Gasteiger partial charge on any atom is 0.338 e. The maximum atomic E-state index is 11.5. The number of pyridine rings is 1. The minimum absolute atomic E-state index is 0.119. The predicted molar refractivity (Wildman–Crippen MR) is 78.0 cm³/mol. The molecule has 0 saturated heterocycles. The molecule has 0 fully saturated rings. The number of methoxy groups -OCH3 is 1. The third kappa shape index (κ3) is 3.15. The largest absolute Gasteiger partial charge is 0.478 e. The second-order valence-corrected chi connectivity index (χ2v) is 4.82. The summed E-state index contributed by atoms with van der Waals surface area (Å²) in [5, 5.41) is 9.29. The quantitative estimate of drug-likeness (QED) is 0.689. The fourth-order valence-corrected chi connectivity index (χ4v) is 2.15. The number of carboxylic acids is 1. The molecule has 0 atom stereocenters. The molecule has 1 aromatic heterocycles. The van der Waals surface area contributed by atoms with Crippen LogP contribution in [0.2, 0.25) is 10.2 Å². The van der Waals surface area contributed by atoms with Gasteiger partial charge in [0, 0.05) is 22.3 Å². The molecule has 2 rings (SSSR count). The molecule has 0 aliphatic carbocycles. The zero-order valence-corrected chi connectivity index (χ0v) is 12.3. The molecule has 7 heteroatoms. The van der Waals surface area contributed by atoms with Gasteiger partial charge in [-0.15, -0.1) is 0 Å². The number of nitrogens with zero attached hydrogens (tertiary/aromatic N) is 1. The Balaban J connectivity index is 2.58. The number of benzene rings is 1. The number of aromatic carboxylic acids is 1. The van der Waals surface area contributed by atoms with Crippen molar-refractivity contribution in [1.82, 2.24) is 4.98 Å². The van der Waals surface area contributed by atoms with Crippen LogP contribution in [0.3, 0.4) is 0 Å². The first-order valence-corrected chi connectivity index (χ1v) is 6.46. The number of carbonyl (C=O) groups is 2. The Labute approximate surface area is 130 Å². The van der Waals surface area contributed by atoms with Crippen molar-refractivity contribution in [2.45, 2.75) is 0 Å². The van der Waals surface area contributed by atoms with Crippen LogP contribution in [-0.4, -0.2) is 29.1 Å². The fourth-order valence-electron chi connectivity index (χ4n) is 1.74. The molecule has 0 radical (unpaired) electrons. The van der Waals surface area contributed by atoms with Gasteiger partial charge in [0.1, 0.15) is 5.15 Å². The number of hydrogen-bond donors (Lipinski definition) is 1. The van der Waals surface area contributed by atoms with Gasteiger partial charge in [-0.2, -0.15) is 0 Å². The molecule has 108 valence electrons. The van der Waals surface area contributed by atoms with Crippen molar-refractivity contribution in [3.63, 3.8) is 0 Å². The summed E-state index contributed by atoms with van der Waals surface area (Å²) in [7, 11) is 1.27. The highest BCUT2D eigenvalue weighted by atomic mass is 35.5. The molecule has 0 bridgehead atoms. The normalized spacial score (nSPS) is 10.2. The molecule has 0 aliphatic rings. The highest BCUT2D eigenvalue weighted by Gasteiger charge is 2.15. The van der Waals surface area contributed by atoms with E-state index in [4.69, 9.17) is 28.3 Å². The number of carbonyl (C=O) groups excluding carboxylic acids is 1. The fraction of sp³-hybridized carbons (Fsp3) is 0.0714. The summed E-state index contributed by atoms with van der Waals surface area (Å²) in [6.07, 6.45) is 1.39. The van der Waals surface area contributed by atoms with E-state index in [0.29, 0.717) is 21.7 Å². The Morgan fingerprint density at radius 2 is 1.95 bits per heavy atom. The van der Waals surface area contributed by atoms with E-state index >= 15 is 0 Å². The molecule has 21 heavy (non-hydrogen) atoms. The van der Waals surface area contributed by atoms with Crippen molar-refractivity contribution < 1.29 is 19.4 Å². The van der Waals surface area contributed by atoms with Crippen LogP contribution in [0.4, 0.5) is 0 Å². The molecule has 1 aromatic carbocycles. The van der Waals surface area contributed by atoms with Crippen molar-refractivity contribution in [1.29, 1.82) is 0 Å². The van der Waals surface area contributed by atoms with E-state index in [1.54, 1.807) is 0 Å². The second-order valence-electron chi connectivity index (χ2n) is 4.05. The molecule has 5 nitrogen and oxygen atoms in total. The van der Waals surface area contributed by atoms with Crippen LogP contribution in [0.1, 0.15) is 20.7 Å². The lowest BCUT2D eigenvalue weighted by molar-refractivity contribution is 0.0600. The van der Waals surface area contributed by atoms with E-state index < -0.39 is 11.9 Å². The van der Waals surface area contributed by atoms with Crippen LogP contribution >= 0.6 is 23.2 Å². The van der Waals surface area contributed by atoms with Crippen molar-refractivity contribution in [3.8, 4) is 11.1 Å². The zero-order valence-electron chi connectivity index (χ0n) is 10.8. The Hall–Kier alpha value is -2.11. The number of carboxylic acid groups (broad SMARTS) is 1. The molecule has 1 heterocycles. The topological polar surface area (TPSA) is 76.5 Å². The van der Waals surface area contributed by atoms with E-state index in [1.807, 2.05) is 0 Å². The van der Waals surface area contributed by atoms with Crippen LogP contribution in [-0.2, 0) is 4.74 Å². The van der Waals surface area contributed by atoms with Crippen molar-refractivity contribution in [3.05, 3.63) is 51.8 Å². The van der Waals surface area contributed by atoms with Gasteiger partial charge in [0.25, 0.3) is 0 Å². The number of halogens is 2. The van der Waals surface area contributed by atoms with E-state index in [-0.39, 0.29) is 10.7 Å². The van der Waals surface area contributed by atoms with Gasteiger partial charge in [-0.05, 0) is 24.3 Å². The van der Waals surface area contributed by atoms with Gasteiger partial charge in [-0.1, -0.05) is 23.2 Å². The molecular formula is C14H9Cl2NO4. The van der Waals surface area contributed by atoms with E-state index in [0.717, 1.165) is 0 Å². The van der Waals surface area contributed by atoms with E-state index in [1.165, 1.54) is 37.6 Å². The Bertz CT molecular complexity index is 731. The lowest BCUT2D eigenvalue weighted by Crippen LogP contribution is -2.02. The number of aromatic nitrogens is 1. The number of esters is 1. The summed E-state index contributed by atoms with van der Waals surface area (Å²) >= 11 is 11.8. The van der Waals surface area contributed by atoms with Gasteiger partial charge >= 0.3 is 11.9 Å². The molecule has 0 aliphatic heterocycles. The molecular weight excluding hydrogens is 317 g/mol. The van der Waals surface area contributed by atoms with Gasteiger partial charge < -0.3 is 9.84 Å². The second kappa shape index (κ2) is 6.11. The van der Waals surface area contributed by atoms with Crippen molar-refractivity contribution in [2.24, 2.45) is 0 Å². The van der Waals surface area contributed by atoms with Gasteiger partial charge in [-0.3, -0.25) is 0 Å². The van der Waals surface area contributed by atoms with Crippen LogP contribution < -0.4 is 0 Å². The maximum absolute atomic E-state index is 11.5. The lowest BCUT2D eigenvalue weighted by Gasteiger charge is -2.08. The Kier molecular flexibility index (Phi) is 4.45. The van der Waals surface area contributed by atoms with Crippen LogP contribution in [0.15, 0.2) is 30.5 Å². The third-order valence-corrected chi connectivity index (χ3v) is 3.40. The smallest absolute Gasteiger partial charge is 0.338 e. The average molecular weight is 326 g/mol. The summed E-state index contributed by atoms with van der Waals surface area (Å²) in [6, 6.07) is 5.89. The molecule has 0 spiro atoms. The highest BCUT2D eigenvalue weighted by molar-refractivity contribution is 6.34. The Morgan fingerprint density at radius 1 is 1.24 bits per heavy atom. The van der Waals surface area contributed by atoms with Gasteiger partial charge in [0.15, 0.2) is 0 Å². The van der Waals surface area contributed by atoms with Crippen LogP contribution in [0, 0.1) is 0 Å². The van der Waals surface area contributed by atoms with Crippen LogP contribution in [0.5, 0.6) is 0 Å². The minimum atomic E-state index is -1.20. The molecule has 2 aromatic rings. The predicted octanol–water partition coefficient (Wildman–Crippen LogP) is 3.54. The first-order valence-electron chi connectivity index (χ1n) is 5.71. The highest BCUT2D eigenvalue weighted by Crippen LogP contribution is 2.30. The lowest BCUT2D eigenvalue weighted by atomic mass is 10.0. The molecule has 0 amide bonds. The number of hydrogen-bond acceptors (Lipinski definition) is 4. The van der Waals surface area contributed by atoms with Crippen molar-refractivity contribution >= 4 is 35.1 Å². The molecule has 0 saturated carbocycles. The SMILES string of the molecule is COC(=O)c1ccc(Cl)c(-c2cnc(Cl)c(C(=O)O)c2)c1. The van der Waals surface area contributed by atoms with E-state index in [9.17, 15) is 9.59 Å². The first-order chi connectivity index (χ1) is 9.93. The van der Waals surface area contributed by atoms with Gasteiger partial charge in [0.05, 0.1) is 18.2 Å². The van der Waals surface area contributed by atoms with Gasteiger partial charge in [0.2, 0.25) is 0 Å². The Morgan fingerprint density at radius 3 is 2.57 bits per heavy atom. The molecule has 0 unspecified atom stereocenters. The monoisotopic (exact) mass is 325 g/mol. The zero-order chi connectivity index (χ0) is 15.6. The minimum Gasteiger partial charge on any atom is -0.478 e. The summed E-state index contributed by atoms with van der Waals surface area (Å²) in [4.78, 5) is 26.4. The first kappa shape index (κ1) is 15.3. The average Bonchev–Trinajstić information content (AvgIpc) is 2.47. The van der Waals surface area contributed by atoms with E-state index in [2.05, 4.69) is 9.72 Å². The standard InChI is InChI=1S/C14H9Cl2NO4/c1-21-14(20)7-2-3-11(15)9(4-7)8-5-10(13(18)19)12(16)17-6-8/h2-6H,1H3,(H,18,19). The number of ether oxygens (including phenoxy) is 1. The summed E-state index contributed by atoms with van der Waals surface area (Å²) in [5.74, 6) is -1.72. The number of rotatable bonds is 3. The summed E-state index contributed by atoms with van der Waals surface area (Å²) in [6.45, 7) is 0. The van der Waals surface area contributed by atoms with Gasteiger partial charge in [-0.25, -0.2) is 14.6 Å². The van der Waals surface area contributed by atoms with Crippen LogP contribution in [0.25, 0.3) is 11.1 Å².